The highest BCUT2D eigenvalue weighted by atomic mass is 16.5. The Balaban J connectivity index is 1.92. The van der Waals surface area contributed by atoms with Crippen molar-refractivity contribution >= 4 is 17.5 Å². The second-order valence-electron chi connectivity index (χ2n) is 6.42. The van der Waals surface area contributed by atoms with Crippen LogP contribution in [0.15, 0.2) is 36.4 Å². The van der Waals surface area contributed by atoms with Crippen molar-refractivity contribution in [1.29, 1.82) is 0 Å². The topological polar surface area (TPSA) is 69.1 Å². The molecule has 0 atom stereocenters. The highest BCUT2D eigenvalue weighted by Crippen LogP contribution is 2.32. The molecule has 2 aromatic rings. The molecule has 2 heterocycles. The van der Waals surface area contributed by atoms with Gasteiger partial charge in [-0.2, -0.15) is 0 Å². The van der Waals surface area contributed by atoms with Crippen LogP contribution >= 0.6 is 0 Å². The SMILES string of the molecule is COc1ccc(N2CCN(C(=O)O)CC2)c(-c2ccc(N(C)C)cc2)n1. The van der Waals surface area contributed by atoms with Crippen molar-refractivity contribution in [1.82, 2.24) is 9.88 Å². The summed E-state index contributed by atoms with van der Waals surface area (Å²) in [6.07, 6.45) is -0.864. The molecule has 0 aliphatic carbocycles. The van der Waals surface area contributed by atoms with E-state index in [2.05, 4.69) is 26.9 Å². The summed E-state index contributed by atoms with van der Waals surface area (Å²) in [6.45, 7) is 2.26. The van der Waals surface area contributed by atoms with E-state index in [9.17, 15) is 4.79 Å². The Morgan fingerprint density at radius 2 is 1.73 bits per heavy atom. The largest absolute Gasteiger partial charge is 0.481 e. The summed E-state index contributed by atoms with van der Waals surface area (Å²) < 4.78 is 5.31. The smallest absolute Gasteiger partial charge is 0.407 e. The van der Waals surface area contributed by atoms with E-state index in [0.717, 1.165) is 22.6 Å². The number of nitrogens with zero attached hydrogens (tertiary/aromatic N) is 4. The summed E-state index contributed by atoms with van der Waals surface area (Å²) in [6, 6.07) is 12.1. The highest BCUT2D eigenvalue weighted by molar-refractivity contribution is 5.77. The lowest BCUT2D eigenvalue weighted by Crippen LogP contribution is -2.48. The minimum atomic E-state index is -0.864. The summed E-state index contributed by atoms with van der Waals surface area (Å²) in [5.74, 6) is 0.560. The zero-order chi connectivity index (χ0) is 18.7. The van der Waals surface area contributed by atoms with Gasteiger partial charge in [0.1, 0.15) is 0 Å². The third-order valence-electron chi connectivity index (χ3n) is 4.61. The number of piperazine rings is 1. The number of anilines is 2. The maximum Gasteiger partial charge on any atom is 0.407 e. The number of hydrogen-bond acceptors (Lipinski definition) is 5. The van der Waals surface area contributed by atoms with Crippen molar-refractivity contribution in [3.8, 4) is 17.1 Å². The standard InChI is InChI=1S/C19H24N4O3/c1-21(2)15-6-4-14(5-7-15)18-16(8-9-17(20-18)26-3)22-10-12-23(13-11-22)19(24)25/h4-9H,10-13H2,1-3H3,(H,24,25). The molecule has 7 nitrogen and oxygen atoms in total. The van der Waals surface area contributed by atoms with Gasteiger partial charge in [-0.3, -0.25) is 0 Å². The molecule has 1 N–H and O–H groups in total. The van der Waals surface area contributed by atoms with E-state index in [1.807, 2.05) is 38.4 Å². The van der Waals surface area contributed by atoms with Crippen LogP contribution in [0.3, 0.4) is 0 Å². The number of rotatable bonds is 4. The number of carbonyl (C=O) groups is 1. The first-order valence-corrected chi connectivity index (χ1v) is 8.55. The van der Waals surface area contributed by atoms with Crippen LogP contribution < -0.4 is 14.5 Å². The lowest BCUT2D eigenvalue weighted by atomic mass is 10.1. The third-order valence-corrected chi connectivity index (χ3v) is 4.61. The lowest BCUT2D eigenvalue weighted by Gasteiger charge is -2.35. The van der Waals surface area contributed by atoms with Crippen molar-refractivity contribution in [2.75, 3.05) is 57.2 Å². The Kier molecular flexibility index (Phi) is 5.16. The Bertz CT molecular complexity index is 769. The molecule has 0 spiro atoms. The fraction of sp³-hybridized carbons (Fsp3) is 0.368. The van der Waals surface area contributed by atoms with Gasteiger partial charge < -0.3 is 24.5 Å². The van der Waals surface area contributed by atoms with Gasteiger partial charge in [0.15, 0.2) is 0 Å². The van der Waals surface area contributed by atoms with E-state index < -0.39 is 6.09 Å². The van der Waals surface area contributed by atoms with Crippen molar-refractivity contribution in [2.24, 2.45) is 0 Å². The van der Waals surface area contributed by atoms with Gasteiger partial charge in [0.25, 0.3) is 0 Å². The van der Waals surface area contributed by atoms with Crippen LogP contribution in [0.4, 0.5) is 16.2 Å². The molecule has 3 rings (SSSR count). The van der Waals surface area contributed by atoms with E-state index in [1.165, 1.54) is 4.90 Å². The number of amides is 1. The Hall–Kier alpha value is -2.96. The fourth-order valence-corrected chi connectivity index (χ4v) is 3.07. The van der Waals surface area contributed by atoms with Gasteiger partial charge in [0.05, 0.1) is 18.5 Å². The van der Waals surface area contributed by atoms with Gasteiger partial charge in [0.2, 0.25) is 5.88 Å². The lowest BCUT2D eigenvalue weighted by molar-refractivity contribution is 0.142. The molecule has 1 aromatic carbocycles. The first-order chi connectivity index (χ1) is 12.5. The van der Waals surface area contributed by atoms with Crippen molar-refractivity contribution in [3.05, 3.63) is 36.4 Å². The van der Waals surface area contributed by atoms with E-state index in [0.29, 0.717) is 32.1 Å². The summed E-state index contributed by atoms with van der Waals surface area (Å²) in [7, 11) is 5.62. The van der Waals surface area contributed by atoms with Crippen molar-refractivity contribution in [3.63, 3.8) is 0 Å². The summed E-state index contributed by atoms with van der Waals surface area (Å²) >= 11 is 0. The number of methoxy groups -OCH3 is 1. The van der Waals surface area contributed by atoms with Crippen molar-refractivity contribution in [2.45, 2.75) is 0 Å². The molecule has 0 radical (unpaired) electrons. The second-order valence-corrected chi connectivity index (χ2v) is 6.42. The van der Waals surface area contributed by atoms with E-state index >= 15 is 0 Å². The minimum Gasteiger partial charge on any atom is -0.481 e. The first-order valence-electron chi connectivity index (χ1n) is 8.55. The van der Waals surface area contributed by atoms with Crippen LogP contribution in [0.5, 0.6) is 5.88 Å². The molecule has 1 aliphatic rings. The zero-order valence-electron chi connectivity index (χ0n) is 15.3. The highest BCUT2D eigenvalue weighted by Gasteiger charge is 2.23. The molecular weight excluding hydrogens is 332 g/mol. The molecule has 7 heteroatoms. The number of pyridine rings is 1. The van der Waals surface area contributed by atoms with E-state index in [-0.39, 0.29) is 0 Å². The molecule has 0 bridgehead atoms. The Labute approximate surface area is 153 Å². The van der Waals surface area contributed by atoms with Crippen LogP contribution in [0.1, 0.15) is 0 Å². The number of benzene rings is 1. The molecule has 1 fully saturated rings. The molecule has 1 aromatic heterocycles. The molecule has 26 heavy (non-hydrogen) atoms. The average Bonchev–Trinajstić information content (AvgIpc) is 2.67. The monoisotopic (exact) mass is 356 g/mol. The molecule has 0 saturated carbocycles. The van der Waals surface area contributed by atoms with Crippen LogP contribution in [-0.4, -0.2) is 68.5 Å². The Morgan fingerprint density at radius 1 is 1.08 bits per heavy atom. The van der Waals surface area contributed by atoms with Gasteiger partial charge in [-0.15, -0.1) is 0 Å². The zero-order valence-corrected chi connectivity index (χ0v) is 15.3. The molecule has 1 saturated heterocycles. The first kappa shape index (κ1) is 17.8. The van der Waals surface area contributed by atoms with Crippen LogP contribution in [0.25, 0.3) is 11.3 Å². The minimum absolute atomic E-state index is 0.486. The summed E-state index contributed by atoms with van der Waals surface area (Å²) in [4.78, 5) is 21.5. The van der Waals surface area contributed by atoms with Gasteiger partial charge in [-0.05, 0) is 18.2 Å². The van der Waals surface area contributed by atoms with E-state index in [1.54, 1.807) is 7.11 Å². The van der Waals surface area contributed by atoms with Crippen LogP contribution in [-0.2, 0) is 0 Å². The molecule has 1 amide bonds. The average molecular weight is 356 g/mol. The number of ether oxygens (including phenoxy) is 1. The maximum absolute atomic E-state index is 11.1. The van der Waals surface area contributed by atoms with Gasteiger partial charge in [0, 0.05) is 57.6 Å². The second kappa shape index (κ2) is 7.51. The molecule has 1 aliphatic heterocycles. The fourth-order valence-electron chi connectivity index (χ4n) is 3.07. The predicted octanol–water partition coefficient (Wildman–Crippen LogP) is 2.62. The van der Waals surface area contributed by atoms with E-state index in [4.69, 9.17) is 9.84 Å². The maximum atomic E-state index is 11.1. The quantitative estimate of drug-likeness (QED) is 0.908. The summed E-state index contributed by atoms with van der Waals surface area (Å²) in [5.41, 5.74) is 3.96. The van der Waals surface area contributed by atoms with Crippen LogP contribution in [0, 0.1) is 0 Å². The number of hydrogen-bond donors (Lipinski definition) is 1. The molecule has 138 valence electrons. The van der Waals surface area contributed by atoms with Crippen LogP contribution in [0.2, 0.25) is 0 Å². The van der Waals surface area contributed by atoms with Gasteiger partial charge >= 0.3 is 6.09 Å². The van der Waals surface area contributed by atoms with Crippen molar-refractivity contribution < 1.29 is 14.6 Å². The summed E-state index contributed by atoms with van der Waals surface area (Å²) in [5, 5.41) is 9.14. The Morgan fingerprint density at radius 3 is 2.27 bits per heavy atom. The van der Waals surface area contributed by atoms with Gasteiger partial charge in [-0.1, -0.05) is 12.1 Å². The van der Waals surface area contributed by atoms with Gasteiger partial charge in [-0.25, -0.2) is 9.78 Å². The third kappa shape index (κ3) is 3.66. The number of carboxylic acid groups (broad SMARTS) is 1. The molecule has 0 unspecified atom stereocenters. The predicted molar refractivity (Wildman–Crippen MR) is 102 cm³/mol. The molecular formula is C19H24N4O3. The normalized spacial score (nSPS) is 14.3. The number of aromatic nitrogens is 1.